The zero-order valence-electron chi connectivity index (χ0n) is 13.0. The molecule has 6 nitrogen and oxygen atoms in total. The molecule has 1 N–H and O–H groups in total. The van der Waals surface area contributed by atoms with Crippen molar-refractivity contribution in [1.82, 2.24) is 19.5 Å². The van der Waals surface area contributed by atoms with Gasteiger partial charge >= 0.3 is 0 Å². The van der Waals surface area contributed by atoms with Gasteiger partial charge in [-0.1, -0.05) is 19.3 Å². The quantitative estimate of drug-likeness (QED) is 0.937. The zero-order valence-corrected chi connectivity index (χ0v) is 13.0. The number of aromatic nitrogens is 4. The van der Waals surface area contributed by atoms with E-state index in [1.165, 1.54) is 25.6 Å². The standard InChI is InChI=1S/C15H23N5O/c1-15(21,11-7-5-4-6-8-11)20-10-18-12-13(19(2)3)16-9-17-14(12)20/h9-11,21H,4-8H2,1-3H3. The van der Waals surface area contributed by atoms with Gasteiger partial charge in [-0.15, -0.1) is 0 Å². The zero-order chi connectivity index (χ0) is 15.0. The molecular formula is C15H23N5O. The monoisotopic (exact) mass is 289 g/mol. The maximum absolute atomic E-state index is 11.1. The minimum atomic E-state index is -0.951. The summed E-state index contributed by atoms with van der Waals surface area (Å²) in [4.78, 5) is 15.0. The minimum absolute atomic E-state index is 0.251. The van der Waals surface area contributed by atoms with E-state index in [0.717, 1.165) is 24.2 Å². The fourth-order valence-electron chi connectivity index (χ4n) is 3.33. The van der Waals surface area contributed by atoms with Crippen molar-refractivity contribution < 1.29 is 5.11 Å². The van der Waals surface area contributed by atoms with Gasteiger partial charge in [-0.05, 0) is 19.8 Å². The Morgan fingerprint density at radius 3 is 2.57 bits per heavy atom. The summed E-state index contributed by atoms with van der Waals surface area (Å²) in [6, 6.07) is 0. The molecule has 0 radical (unpaired) electrons. The van der Waals surface area contributed by atoms with Crippen LogP contribution in [0.2, 0.25) is 0 Å². The lowest BCUT2D eigenvalue weighted by Gasteiger charge is -2.36. The lowest BCUT2D eigenvalue weighted by Crippen LogP contribution is -2.39. The maximum atomic E-state index is 11.1. The molecule has 2 aromatic rings. The van der Waals surface area contributed by atoms with Gasteiger partial charge in [-0.3, -0.25) is 4.57 Å². The normalized spacial score (nSPS) is 19.6. The molecule has 2 heterocycles. The van der Waals surface area contributed by atoms with Gasteiger partial charge in [0, 0.05) is 20.0 Å². The predicted molar refractivity (Wildman–Crippen MR) is 82.1 cm³/mol. The van der Waals surface area contributed by atoms with E-state index >= 15 is 0 Å². The number of aliphatic hydroxyl groups is 1. The molecule has 0 aromatic carbocycles. The summed E-state index contributed by atoms with van der Waals surface area (Å²) in [5, 5.41) is 11.1. The van der Waals surface area contributed by atoms with Crippen molar-refractivity contribution in [2.24, 2.45) is 5.92 Å². The molecule has 21 heavy (non-hydrogen) atoms. The van der Waals surface area contributed by atoms with Crippen LogP contribution in [-0.2, 0) is 5.72 Å². The molecule has 3 rings (SSSR count). The van der Waals surface area contributed by atoms with Crippen LogP contribution in [0.15, 0.2) is 12.7 Å². The first-order chi connectivity index (χ1) is 10.0. The molecule has 1 unspecified atom stereocenters. The number of imidazole rings is 1. The highest BCUT2D eigenvalue weighted by Crippen LogP contribution is 2.37. The Morgan fingerprint density at radius 2 is 1.90 bits per heavy atom. The van der Waals surface area contributed by atoms with Crippen molar-refractivity contribution in [1.29, 1.82) is 0 Å². The predicted octanol–water partition coefficient (Wildman–Crippen LogP) is 2.14. The molecule has 114 valence electrons. The highest BCUT2D eigenvalue weighted by molar-refractivity contribution is 5.83. The van der Waals surface area contributed by atoms with Crippen LogP contribution in [0.5, 0.6) is 0 Å². The number of hydrogen-bond donors (Lipinski definition) is 1. The van der Waals surface area contributed by atoms with E-state index < -0.39 is 5.72 Å². The molecule has 1 atom stereocenters. The number of nitrogens with zero attached hydrogens (tertiary/aromatic N) is 5. The van der Waals surface area contributed by atoms with E-state index in [0.29, 0.717) is 5.65 Å². The maximum Gasteiger partial charge on any atom is 0.167 e. The molecule has 0 bridgehead atoms. The number of anilines is 1. The summed E-state index contributed by atoms with van der Waals surface area (Å²) in [5.74, 6) is 1.03. The van der Waals surface area contributed by atoms with E-state index in [4.69, 9.17) is 0 Å². The third kappa shape index (κ3) is 2.37. The fourth-order valence-corrected chi connectivity index (χ4v) is 3.33. The van der Waals surface area contributed by atoms with Gasteiger partial charge in [0.25, 0.3) is 0 Å². The highest BCUT2D eigenvalue weighted by atomic mass is 16.3. The second kappa shape index (κ2) is 5.26. The topological polar surface area (TPSA) is 67.1 Å². The summed E-state index contributed by atoms with van der Waals surface area (Å²) in [6.07, 6.45) is 8.98. The molecule has 1 saturated carbocycles. The summed E-state index contributed by atoms with van der Waals surface area (Å²) in [6.45, 7) is 1.88. The van der Waals surface area contributed by atoms with Gasteiger partial charge in [-0.25, -0.2) is 15.0 Å². The van der Waals surface area contributed by atoms with Crippen molar-refractivity contribution in [2.45, 2.75) is 44.8 Å². The van der Waals surface area contributed by atoms with Gasteiger partial charge in [0.1, 0.15) is 12.1 Å². The van der Waals surface area contributed by atoms with Gasteiger partial charge in [0.15, 0.2) is 17.0 Å². The third-order valence-electron chi connectivity index (χ3n) is 4.60. The number of hydrogen-bond acceptors (Lipinski definition) is 5. The third-order valence-corrected chi connectivity index (χ3v) is 4.60. The van der Waals surface area contributed by atoms with Crippen LogP contribution in [0.4, 0.5) is 5.82 Å². The van der Waals surface area contributed by atoms with Crippen molar-refractivity contribution in [3.05, 3.63) is 12.7 Å². The Kier molecular flexibility index (Phi) is 3.57. The van der Waals surface area contributed by atoms with Crippen LogP contribution in [0.3, 0.4) is 0 Å². The first kappa shape index (κ1) is 14.3. The average Bonchev–Trinajstić information content (AvgIpc) is 2.92. The SMILES string of the molecule is CN(C)c1ncnc2c1ncn2C(C)(O)C1CCCCC1. The van der Waals surface area contributed by atoms with Crippen LogP contribution in [0.25, 0.3) is 11.2 Å². The fraction of sp³-hybridized carbons (Fsp3) is 0.667. The van der Waals surface area contributed by atoms with Crippen LogP contribution in [0, 0.1) is 5.92 Å². The lowest BCUT2D eigenvalue weighted by molar-refractivity contribution is -0.0837. The second-order valence-corrected chi connectivity index (χ2v) is 6.31. The Balaban J connectivity index is 2.06. The Morgan fingerprint density at radius 1 is 1.19 bits per heavy atom. The van der Waals surface area contributed by atoms with Crippen molar-refractivity contribution in [3.63, 3.8) is 0 Å². The van der Waals surface area contributed by atoms with Gasteiger partial charge in [0.05, 0.1) is 6.33 Å². The molecular weight excluding hydrogens is 266 g/mol. The Hall–Kier alpha value is -1.69. The highest BCUT2D eigenvalue weighted by Gasteiger charge is 2.36. The van der Waals surface area contributed by atoms with E-state index in [2.05, 4.69) is 15.0 Å². The summed E-state index contributed by atoms with van der Waals surface area (Å²) in [5.41, 5.74) is 0.482. The summed E-state index contributed by atoms with van der Waals surface area (Å²) >= 11 is 0. The molecule has 0 spiro atoms. The van der Waals surface area contributed by atoms with E-state index in [1.54, 1.807) is 6.33 Å². The molecule has 0 amide bonds. The van der Waals surface area contributed by atoms with E-state index in [-0.39, 0.29) is 5.92 Å². The Labute approximate surface area is 124 Å². The summed E-state index contributed by atoms with van der Waals surface area (Å²) in [7, 11) is 3.86. The minimum Gasteiger partial charge on any atom is -0.370 e. The number of fused-ring (bicyclic) bond motifs is 1. The molecule has 1 aliphatic rings. The van der Waals surface area contributed by atoms with Crippen LogP contribution >= 0.6 is 0 Å². The smallest absolute Gasteiger partial charge is 0.167 e. The molecule has 0 aliphatic heterocycles. The van der Waals surface area contributed by atoms with Crippen molar-refractivity contribution >= 4 is 17.0 Å². The van der Waals surface area contributed by atoms with Crippen LogP contribution in [-0.4, -0.2) is 38.7 Å². The van der Waals surface area contributed by atoms with E-state index in [1.807, 2.05) is 30.5 Å². The molecule has 0 saturated heterocycles. The van der Waals surface area contributed by atoms with Crippen molar-refractivity contribution in [3.8, 4) is 0 Å². The van der Waals surface area contributed by atoms with Gasteiger partial charge in [0.2, 0.25) is 0 Å². The molecule has 1 aliphatic carbocycles. The van der Waals surface area contributed by atoms with Crippen LogP contribution < -0.4 is 4.90 Å². The molecule has 2 aromatic heterocycles. The second-order valence-electron chi connectivity index (χ2n) is 6.31. The number of rotatable bonds is 3. The molecule has 1 fully saturated rings. The average molecular weight is 289 g/mol. The van der Waals surface area contributed by atoms with Gasteiger partial charge in [-0.2, -0.15) is 0 Å². The van der Waals surface area contributed by atoms with Crippen molar-refractivity contribution in [2.75, 3.05) is 19.0 Å². The largest absolute Gasteiger partial charge is 0.370 e. The van der Waals surface area contributed by atoms with Crippen LogP contribution in [0.1, 0.15) is 39.0 Å². The lowest BCUT2D eigenvalue weighted by atomic mass is 9.82. The Bertz CT molecular complexity index is 628. The molecule has 6 heteroatoms. The summed E-state index contributed by atoms with van der Waals surface area (Å²) < 4.78 is 1.81. The first-order valence-corrected chi connectivity index (χ1v) is 7.60. The van der Waals surface area contributed by atoms with Gasteiger partial charge < -0.3 is 10.0 Å². The first-order valence-electron chi connectivity index (χ1n) is 7.60. The van der Waals surface area contributed by atoms with E-state index in [9.17, 15) is 5.11 Å².